The van der Waals surface area contributed by atoms with E-state index < -0.39 is 16.1 Å². The highest BCUT2D eigenvalue weighted by molar-refractivity contribution is 7.88. The van der Waals surface area contributed by atoms with Gasteiger partial charge in [-0.05, 0) is 86.1 Å². The number of ether oxygens (including phenoxy) is 1. The maximum absolute atomic E-state index is 12.4. The van der Waals surface area contributed by atoms with E-state index in [0.717, 1.165) is 41.5 Å². The lowest BCUT2D eigenvalue weighted by Gasteiger charge is -2.25. The van der Waals surface area contributed by atoms with Crippen LogP contribution in [-0.4, -0.2) is 58.4 Å². The molecule has 0 aromatic heterocycles. The summed E-state index contributed by atoms with van der Waals surface area (Å²) < 4.78 is 30.5. The molecule has 3 rings (SSSR count). The zero-order valence-electron chi connectivity index (χ0n) is 20.3. The minimum atomic E-state index is -3.23. The average Bonchev–Trinajstić information content (AvgIpc) is 2.80. The molecule has 1 aliphatic carbocycles. The van der Waals surface area contributed by atoms with E-state index in [4.69, 9.17) is 4.74 Å². The number of aryl methyl sites for hydroxylation is 2. The van der Waals surface area contributed by atoms with Crippen LogP contribution in [0.4, 0.5) is 16.2 Å². The van der Waals surface area contributed by atoms with Gasteiger partial charge in [0, 0.05) is 31.0 Å². The van der Waals surface area contributed by atoms with Crippen LogP contribution in [0, 0.1) is 12.8 Å². The molecule has 1 atom stereocenters. The van der Waals surface area contributed by atoms with Crippen LogP contribution in [0.5, 0.6) is 5.75 Å². The third-order valence-corrected chi connectivity index (χ3v) is 6.92. The molecule has 0 saturated heterocycles. The molecule has 190 valence electrons. The SMILES string of the molecule is CCN(CCNS(C)(=O)=O)c1ccc(NC(=O)OCC2CCc3cc(C=O)c(O)cc3C2)c(C)c1. The number of sulfonamides is 1. The van der Waals surface area contributed by atoms with E-state index >= 15 is 0 Å². The third kappa shape index (κ3) is 7.43. The summed E-state index contributed by atoms with van der Waals surface area (Å²) in [6.45, 7) is 5.68. The summed E-state index contributed by atoms with van der Waals surface area (Å²) >= 11 is 0. The molecule has 2 aromatic carbocycles. The van der Waals surface area contributed by atoms with Gasteiger partial charge >= 0.3 is 6.09 Å². The van der Waals surface area contributed by atoms with Crippen LogP contribution < -0.4 is 14.9 Å². The van der Waals surface area contributed by atoms with E-state index in [1.807, 2.05) is 36.9 Å². The van der Waals surface area contributed by atoms with Crippen LogP contribution in [0.3, 0.4) is 0 Å². The summed E-state index contributed by atoms with van der Waals surface area (Å²) in [5, 5.41) is 12.7. The van der Waals surface area contributed by atoms with Gasteiger partial charge in [0.25, 0.3) is 0 Å². The first-order valence-electron chi connectivity index (χ1n) is 11.6. The first kappa shape index (κ1) is 26.5. The fraction of sp³-hybridized carbons (Fsp3) is 0.440. The smallest absolute Gasteiger partial charge is 0.411 e. The molecule has 0 bridgehead atoms. The number of fused-ring (bicyclic) bond motifs is 1. The Balaban J connectivity index is 1.53. The molecule has 3 N–H and O–H groups in total. The molecule has 0 heterocycles. The number of aldehydes is 1. The number of hydrogen-bond donors (Lipinski definition) is 3. The van der Waals surface area contributed by atoms with Gasteiger partial charge < -0.3 is 14.7 Å². The molecule has 0 aliphatic heterocycles. The first-order valence-corrected chi connectivity index (χ1v) is 13.5. The van der Waals surface area contributed by atoms with E-state index in [0.29, 0.717) is 43.6 Å². The number of rotatable bonds is 10. The Labute approximate surface area is 206 Å². The van der Waals surface area contributed by atoms with Crippen molar-refractivity contribution in [3.8, 4) is 5.75 Å². The lowest BCUT2D eigenvalue weighted by molar-refractivity contribution is 0.112. The Morgan fingerprint density at radius 1 is 1.26 bits per heavy atom. The highest BCUT2D eigenvalue weighted by Crippen LogP contribution is 2.30. The average molecular weight is 504 g/mol. The fourth-order valence-electron chi connectivity index (χ4n) is 4.29. The maximum Gasteiger partial charge on any atom is 0.411 e. The van der Waals surface area contributed by atoms with E-state index in [9.17, 15) is 23.1 Å². The molecule has 1 unspecified atom stereocenters. The topological polar surface area (TPSA) is 125 Å². The minimum Gasteiger partial charge on any atom is -0.507 e. The number of benzene rings is 2. The number of phenolic OH excluding ortho intramolecular Hbond substituents is 1. The van der Waals surface area contributed by atoms with Crippen LogP contribution in [-0.2, 0) is 27.6 Å². The van der Waals surface area contributed by atoms with Crippen molar-refractivity contribution in [2.45, 2.75) is 33.1 Å². The molecule has 0 radical (unpaired) electrons. The Hall–Kier alpha value is -3.11. The van der Waals surface area contributed by atoms with Gasteiger partial charge in [-0.3, -0.25) is 10.1 Å². The highest BCUT2D eigenvalue weighted by atomic mass is 32.2. The van der Waals surface area contributed by atoms with E-state index in [1.165, 1.54) is 0 Å². The number of carbonyl (C=O) groups is 2. The molecule has 2 aromatic rings. The van der Waals surface area contributed by atoms with Crippen molar-refractivity contribution in [3.63, 3.8) is 0 Å². The number of anilines is 2. The first-order chi connectivity index (χ1) is 16.6. The van der Waals surface area contributed by atoms with Gasteiger partial charge in [-0.1, -0.05) is 0 Å². The lowest BCUT2D eigenvalue weighted by Crippen LogP contribution is -2.34. The largest absolute Gasteiger partial charge is 0.507 e. The predicted octanol–water partition coefficient (Wildman–Crippen LogP) is 3.24. The molecule has 0 saturated carbocycles. The van der Waals surface area contributed by atoms with Gasteiger partial charge in [0.15, 0.2) is 6.29 Å². The number of nitrogens with zero attached hydrogens (tertiary/aromatic N) is 1. The second-order valence-electron chi connectivity index (χ2n) is 8.88. The highest BCUT2D eigenvalue weighted by Gasteiger charge is 2.22. The number of likely N-dealkylation sites (N-methyl/N-ethyl adjacent to an activating group) is 1. The lowest BCUT2D eigenvalue weighted by atomic mass is 9.83. The molecule has 1 amide bonds. The Morgan fingerprint density at radius 2 is 2.03 bits per heavy atom. The third-order valence-electron chi connectivity index (χ3n) is 6.20. The summed E-state index contributed by atoms with van der Waals surface area (Å²) in [6, 6.07) is 8.99. The Bertz CT molecular complexity index is 1180. The predicted molar refractivity (Wildman–Crippen MR) is 136 cm³/mol. The number of aromatic hydroxyl groups is 1. The summed E-state index contributed by atoms with van der Waals surface area (Å²) in [4.78, 5) is 25.5. The van der Waals surface area contributed by atoms with Gasteiger partial charge in [-0.2, -0.15) is 0 Å². The molecule has 0 spiro atoms. The van der Waals surface area contributed by atoms with Gasteiger partial charge in [0.1, 0.15) is 5.75 Å². The number of amides is 1. The van der Waals surface area contributed by atoms with Crippen molar-refractivity contribution in [3.05, 3.63) is 52.6 Å². The number of phenols is 1. The van der Waals surface area contributed by atoms with Gasteiger partial charge in [-0.15, -0.1) is 0 Å². The standard InChI is InChI=1S/C25H33N3O6S/c1-4-28(10-9-26-35(3,32)33)22-7-8-23(17(2)11-22)27-25(31)34-16-18-5-6-19-13-21(15-29)24(30)14-20(19)12-18/h7-8,11,13-15,18,26,30H,4-6,9-10,12,16H2,1-3H3,(H,27,31). The fourth-order valence-corrected chi connectivity index (χ4v) is 4.75. The van der Waals surface area contributed by atoms with Crippen molar-refractivity contribution >= 4 is 33.8 Å². The van der Waals surface area contributed by atoms with Crippen LogP contribution in [0.15, 0.2) is 30.3 Å². The van der Waals surface area contributed by atoms with Crippen molar-refractivity contribution in [2.24, 2.45) is 5.92 Å². The van der Waals surface area contributed by atoms with Crippen molar-refractivity contribution in [1.29, 1.82) is 0 Å². The van der Waals surface area contributed by atoms with Gasteiger partial charge in [0.05, 0.1) is 18.4 Å². The zero-order chi connectivity index (χ0) is 25.6. The second kappa shape index (κ2) is 11.5. The van der Waals surface area contributed by atoms with Crippen LogP contribution in [0.2, 0.25) is 0 Å². The van der Waals surface area contributed by atoms with E-state index in [1.54, 1.807) is 12.1 Å². The summed E-state index contributed by atoms with van der Waals surface area (Å²) in [7, 11) is -3.23. The summed E-state index contributed by atoms with van der Waals surface area (Å²) in [5.74, 6) is 0.113. The van der Waals surface area contributed by atoms with E-state index in [-0.39, 0.29) is 18.3 Å². The quantitative estimate of drug-likeness (QED) is 0.425. The molecule has 10 heteroatoms. The van der Waals surface area contributed by atoms with Gasteiger partial charge in [-0.25, -0.2) is 17.9 Å². The summed E-state index contributed by atoms with van der Waals surface area (Å²) in [6.07, 6.45) is 3.52. The normalized spacial score (nSPS) is 15.2. The molecular formula is C25H33N3O6S. The molecule has 9 nitrogen and oxygen atoms in total. The second-order valence-corrected chi connectivity index (χ2v) is 10.7. The van der Waals surface area contributed by atoms with E-state index in [2.05, 4.69) is 10.0 Å². The van der Waals surface area contributed by atoms with Crippen molar-refractivity contribution in [1.82, 2.24) is 4.72 Å². The van der Waals surface area contributed by atoms with Gasteiger partial charge in [0.2, 0.25) is 10.0 Å². The number of carbonyl (C=O) groups excluding carboxylic acids is 2. The molecule has 0 fully saturated rings. The molecular weight excluding hydrogens is 470 g/mol. The number of hydrogen-bond acceptors (Lipinski definition) is 7. The monoisotopic (exact) mass is 503 g/mol. The van der Waals surface area contributed by atoms with Crippen LogP contribution in [0.25, 0.3) is 0 Å². The maximum atomic E-state index is 12.4. The Kier molecular flexibility index (Phi) is 8.74. The molecule has 1 aliphatic rings. The Morgan fingerprint density at radius 3 is 2.69 bits per heavy atom. The minimum absolute atomic E-state index is 0.0229. The number of nitrogens with one attached hydrogen (secondary N) is 2. The van der Waals surface area contributed by atoms with Crippen molar-refractivity contribution < 1.29 is 27.9 Å². The van der Waals surface area contributed by atoms with Crippen LogP contribution in [0.1, 0.15) is 40.4 Å². The summed E-state index contributed by atoms with van der Waals surface area (Å²) in [5.41, 5.74) is 4.76. The molecule has 35 heavy (non-hydrogen) atoms. The van der Waals surface area contributed by atoms with Crippen LogP contribution >= 0.6 is 0 Å². The zero-order valence-corrected chi connectivity index (χ0v) is 21.2. The van der Waals surface area contributed by atoms with Crippen molar-refractivity contribution in [2.75, 3.05) is 42.7 Å².